The highest BCUT2D eigenvalue weighted by molar-refractivity contribution is 7.89. The van der Waals surface area contributed by atoms with Crippen molar-refractivity contribution in [1.29, 1.82) is 0 Å². The van der Waals surface area contributed by atoms with Gasteiger partial charge in [0.15, 0.2) is 6.61 Å². The predicted octanol–water partition coefficient (Wildman–Crippen LogP) is 2.72. The summed E-state index contributed by atoms with van der Waals surface area (Å²) in [6, 6.07) is 4.12. The van der Waals surface area contributed by atoms with Crippen molar-refractivity contribution in [1.82, 2.24) is 9.62 Å². The summed E-state index contributed by atoms with van der Waals surface area (Å²) in [5.41, 5.74) is 0.0543. The molecule has 1 unspecified atom stereocenters. The van der Waals surface area contributed by atoms with E-state index in [1.54, 1.807) is 0 Å². The van der Waals surface area contributed by atoms with E-state index in [0.717, 1.165) is 38.5 Å². The summed E-state index contributed by atoms with van der Waals surface area (Å²) in [7, 11) is -2.43. The molecule has 0 saturated carbocycles. The third kappa shape index (κ3) is 6.43. The van der Waals surface area contributed by atoms with E-state index in [2.05, 4.69) is 5.32 Å². The number of hydrogen-bond donors (Lipinski definition) is 1. The second-order valence-electron chi connectivity index (χ2n) is 7.52. The monoisotopic (exact) mass is 440 g/mol. The fourth-order valence-electron chi connectivity index (χ4n) is 3.46. The van der Waals surface area contributed by atoms with Crippen LogP contribution in [0.1, 0.15) is 62.7 Å². The first-order valence-electron chi connectivity index (χ1n) is 10.4. The minimum atomic E-state index is -3.82. The van der Waals surface area contributed by atoms with Gasteiger partial charge in [0.25, 0.3) is 5.91 Å². The molecule has 1 amide bonds. The van der Waals surface area contributed by atoms with Crippen molar-refractivity contribution in [2.45, 2.75) is 63.3 Å². The van der Waals surface area contributed by atoms with Crippen LogP contribution in [0, 0.1) is 0 Å². The number of methoxy groups -OCH3 is 1. The fraction of sp³-hybridized carbons (Fsp3) is 0.619. The molecule has 1 heterocycles. The Morgan fingerprint density at radius 2 is 1.83 bits per heavy atom. The molecule has 0 spiro atoms. The molecule has 9 heteroatoms. The van der Waals surface area contributed by atoms with Gasteiger partial charge in [0.1, 0.15) is 10.6 Å². The van der Waals surface area contributed by atoms with Crippen LogP contribution < -0.4 is 10.1 Å². The zero-order chi connectivity index (χ0) is 22.1. The predicted molar refractivity (Wildman–Crippen MR) is 113 cm³/mol. The Bertz CT molecular complexity index is 832. The van der Waals surface area contributed by atoms with Crippen molar-refractivity contribution in [3.8, 4) is 5.75 Å². The van der Waals surface area contributed by atoms with E-state index < -0.39 is 28.5 Å². The molecular formula is C21H32N2O6S. The Hall–Kier alpha value is -2.13. The summed E-state index contributed by atoms with van der Waals surface area (Å²) >= 11 is 0. The van der Waals surface area contributed by atoms with Gasteiger partial charge in [0.2, 0.25) is 10.0 Å². The second kappa shape index (κ2) is 11.3. The summed E-state index contributed by atoms with van der Waals surface area (Å²) < 4.78 is 38.1. The number of hydrogen-bond acceptors (Lipinski definition) is 6. The molecule has 1 N–H and O–H groups in total. The SMILES string of the molecule is CCCC(C)NC(=O)COC(=O)c1ccc(OC)c(S(=O)(=O)N2CCCCCC2)c1. The molecule has 1 saturated heterocycles. The molecule has 1 atom stereocenters. The van der Waals surface area contributed by atoms with Gasteiger partial charge in [-0.2, -0.15) is 4.31 Å². The normalized spacial score (nSPS) is 16.4. The van der Waals surface area contributed by atoms with Crippen LogP contribution in [0.2, 0.25) is 0 Å². The molecule has 1 aliphatic heterocycles. The van der Waals surface area contributed by atoms with Crippen molar-refractivity contribution >= 4 is 21.9 Å². The highest BCUT2D eigenvalue weighted by Gasteiger charge is 2.29. The Balaban J connectivity index is 2.14. The Morgan fingerprint density at radius 1 is 1.17 bits per heavy atom. The van der Waals surface area contributed by atoms with Crippen LogP contribution in [0.15, 0.2) is 23.1 Å². The van der Waals surface area contributed by atoms with E-state index in [4.69, 9.17) is 9.47 Å². The number of carbonyl (C=O) groups is 2. The molecule has 2 rings (SSSR count). The lowest BCUT2D eigenvalue weighted by molar-refractivity contribution is -0.124. The van der Waals surface area contributed by atoms with E-state index in [9.17, 15) is 18.0 Å². The molecule has 30 heavy (non-hydrogen) atoms. The van der Waals surface area contributed by atoms with Crippen LogP contribution >= 0.6 is 0 Å². The van der Waals surface area contributed by atoms with Gasteiger partial charge in [0, 0.05) is 19.1 Å². The first-order valence-corrected chi connectivity index (χ1v) is 11.9. The number of nitrogens with one attached hydrogen (secondary N) is 1. The lowest BCUT2D eigenvalue weighted by Gasteiger charge is -2.21. The highest BCUT2D eigenvalue weighted by Crippen LogP contribution is 2.29. The Kier molecular flexibility index (Phi) is 9.10. The van der Waals surface area contributed by atoms with Crippen LogP contribution in [0.4, 0.5) is 0 Å². The molecule has 1 aliphatic rings. The van der Waals surface area contributed by atoms with Crippen LogP contribution in [0.5, 0.6) is 5.75 Å². The van der Waals surface area contributed by atoms with Crippen molar-refractivity contribution in [3.63, 3.8) is 0 Å². The number of amides is 1. The third-order valence-corrected chi connectivity index (χ3v) is 6.97. The molecule has 0 aromatic heterocycles. The maximum Gasteiger partial charge on any atom is 0.338 e. The van der Waals surface area contributed by atoms with Crippen molar-refractivity contribution in [2.24, 2.45) is 0 Å². The van der Waals surface area contributed by atoms with Gasteiger partial charge in [-0.3, -0.25) is 4.79 Å². The molecule has 1 aromatic carbocycles. The number of ether oxygens (including phenoxy) is 2. The summed E-state index contributed by atoms with van der Waals surface area (Å²) in [5, 5.41) is 2.75. The summed E-state index contributed by atoms with van der Waals surface area (Å²) in [6.45, 7) is 4.36. The summed E-state index contributed by atoms with van der Waals surface area (Å²) in [4.78, 5) is 24.3. The molecule has 8 nitrogen and oxygen atoms in total. The minimum Gasteiger partial charge on any atom is -0.495 e. The molecule has 0 bridgehead atoms. The van der Waals surface area contributed by atoms with E-state index in [0.29, 0.717) is 13.1 Å². The molecule has 1 fully saturated rings. The van der Waals surface area contributed by atoms with Crippen LogP contribution in [-0.4, -0.2) is 57.4 Å². The summed E-state index contributed by atoms with van der Waals surface area (Å²) in [6.07, 6.45) is 5.35. The molecule has 168 valence electrons. The topological polar surface area (TPSA) is 102 Å². The average molecular weight is 441 g/mol. The van der Waals surface area contributed by atoms with Crippen molar-refractivity contribution < 1.29 is 27.5 Å². The van der Waals surface area contributed by atoms with Crippen LogP contribution in [0.3, 0.4) is 0 Å². The number of rotatable bonds is 9. The van der Waals surface area contributed by atoms with Gasteiger partial charge < -0.3 is 14.8 Å². The van der Waals surface area contributed by atoms with E-state index in [1.807, 2.05) is 13.8 Å². The van der Waals surface area contributed by atoms with Crippen LogP contribution in [0.25, 0.3) is 0 Å². The van der Waals surface area contributed by atoms with Gasteiger partial charge >= 0.3 is 5.97 Å². The Labute approximate surface area is 179 Å². The molecule has 1 aromatic rings. The Morgan fingerprint density at radius 3 is 2.43 bits per heavy atom. The zero-order valence-electron chi connectivity index (χ0n) is 18.0. The number of nitrogens with zero attached hydrogens (tertiary/aromatic N) is 1. The van der Waals surface area contributed by atoms with Gasteiger partial charge in [-0.1, -0.05) is 26.2 Å². The van der Waals surface area contributed by atoms with Gasteiger partial charge in [-0.25, -0.2) is 13.2 Å². The highest BCUT2D eigenvalue weighted by atomic mass is 32.2. The van der Waals surface area contributed by atoms with Crippen LogP contribution in [-0.2, 0) is 19.6 Å². The maximum absolute atomic E-state index is 13.2. The van der Waals surface area contributed by atoms with E-state index in [-0.39, 0.29) is 22.3 Å². The minimum absolute atomic E-state index is 0.00689. The van der Waals surface area contributed by atoms with E-state index >= 15 is 0 Å². The molecule has 0 radical (unpaired) electrons. The average Bonchev–Trinajstić information content (AvgIpc) is 3.01. The van der Waals surface area contributed by atoms with Gasteiger partial charge in [-0.15, -0.1) is 0 Å². The first kappa shape index (κ1) is 24.1. The summed E-state index contributed by atoms with van der Waals surface area (Å²) in [5.74, 6) is -0.986. The van der Waals surface area contributed by atoms with E-state index in [1.165, 1.54) is 29.6 Å². The smallest absolute Gasteiger partial charge is 0.338 e. The quantitative estimate of drug-likeness (QED) is 0.593. The molecular weight excluding hydrogens is 408 g/mol. The zero-order valence-corrected chi connectivity index (χ0v) is 18.8. The third-order valence-electron chi connectivity index (χ3n) is 5.05. The lowest BCUT2D eigenvalue weighted by atomic mass is 10.2. The standard InChI is InChI=1S/C21H32N2O6S/c1-4-9-16(2)22-20(24)15-29-21(25)17-10-11-18(28-3)19(14-17)30(26,27)23-12-7-5-6-8-13-23/h10-11,14,16H,4-9,12-13,15H2,1-3H3,(H,22,24). The van der Waals surface area contributed by atoms with Gasteiger partial charge in [0.05, 0.1) is 12.7 Å². The fourth-order valence-corrected chi connectivity index (χ4v) is 5.16. The number of sulfonamides is 1. The number of carbonyl (C=O) groups excluding carboxylic acids is 2. The number of benzene rings is 1. The van der Waals surface area contributed by atoms with Gasteiger partial charge in [-0.05, 0) is 44.4 Å². The maximum atomic E-state index is 13.2. The largest absolute Gasteiger partial charge is 0.495 e. The number of esters is 1. The van der Waals surface area contributed by atoms with Crippen molar-refractivity contribution in [2.75, 3.05) is 26.8 Å². The lowest BCUT2D eigenvalue weighted by Crippen LogP contribution is -2.35. The second-order valence-corrected chi connectivity index (χ2v) is 9.42. The molecule has 0 aliphatic carbocycles. The van der Waals surface area contributed by atoms with Crippen molar-refractivity contribution in [3.05, 3.63) is 23.8 Å². The first-order chi connectivity index (χ1) is 14.3.